The molecule has 0 fully saturated rings. The number of likely N-dealkylation sites (N-methyl/N-ethyl adjacent to an activating group) is 1. The molecule has 1 aromatic carbocycles. The lowest BCUT2D eigenvalue weighted by Crippen LogP contribution is -2.21. The molecule has 1 aromatic rings. The molecule has 0 saturated heterocycles. The van der Waals surface area contributed by atoms with Gasteiger partial charge in [0, 0.05) is 5.56 Å². The van der Waals surface area contributed by atoms with Crippen LogP contribution in [0.5, 0.6) is 5.75 Å². The molecular formula is C10H11F2NO. The minimum Gasteiger partial charge on any atom is -0.488 e. The monoisotopic (exact) mass is 199 g/mol. The maximum absolute atomic E-state index is 13.2. The summed E-state index contributed by atoms with van der Waals surface area (Å²) in [6.07, 6.45) is 0. The van der Waals surface area contributed by atoms with Gasteiger partial charge in [0.25, 0.3) is 0 Å². The molecule has 1 N–H and O–H groups in total. The topological polar surface area (TPSA) is 21.3 Å². The molecule has 2 rings (SSSR count). The number of hydrogen-bond acceptors (Lipinski definition) is 2. The average molecular weight is 199 g/mol. The molecule has 4 heteroatoms. The van der Waals surface area contributed by atoms with E-state index in [1.54, 1.807) is 6.07 Å². The number of fused-ring (bicyclic) bond motifs is 1. The third-order valence-corrected chi connectivity index (χ3v) is 2.30. The van der Waals surface area contributed by atoms with Gasteiger partial charge in [-0.05, 0) is 12.6 Å². The lowest BCUT2D eigenvalue weighted by molar-refractivity contribution is 0.298. The minimum absolute atomic E-state index is 0.0231. The minimum atomic E-state index is -0.886. The number of halogens is 2. The van der Waals surface area contributed by atoms with E-state index in [1.165, 1.54) is 0 Å². The molecule has 0 radical (unpaired) electrons. The van der Waals surface area contributed by atoms with Crippen molar-refractivity contribution in [3.63, 3.8) is 0 Å². The van der Waals surface area contributed by atoms with Crippen molar-refractivity contribution in [1.82, 2.24) is 5.32 Å². The molecule has 0 saturated carbocycles. The molecule has 0 aliphatic carbocycles. The largest absolute Gasteiger partial charge is 0.488 e. The highest BCUT2D eigenvalue weighted by atomic mass is 19.2. The summed E-state index contributed by atoms with van der Waals surface area (Å²) in [5.74, 6) is -1.69. The zero-order valence-corrected chi connectivity index (χ0v) is 7.81. The molecule has 0 spiro atoms. The normalized spacial score (nSPS) is 19.2. The first-order valence-corrected chi connectivity index (χ1v) is 4.58. The lowest BCUT2D eigenvalue weighted by Gasteiger charge is -2.08. The van der Waals surface area contributed by atoms with E-state index in [0.29, 0.717) is 12.2 Å². The predicted molar refractivity (Wildman–Crippen MR) is 48.3 cm³/mol. The van der Waals surface area contributed by atoms with Crippen LogP contribution in [0, 0.1) is 11.6 Å². The summed E-state index contributed by atoms with van der Waals surface area (Å²) < 4.78 is 31.1. The van der Waals surface area contributed by atoms with Gasteiger partial charge in [-0.3, -0.25) is 0 Å². The van der Waals surface area contributed by atoms with E-state index in [2.05, 4.69) is 5.32 Å². The SMILES string of the molecule is CCNC1COc2c1ccc(F)c2F. The van der Waals surface area contributed by atoms with Crippen LogP contribution in [0.2, 0.25) is 0 Å². The molecule has 76 valence electrons. The summed E-state index contributed by atoms with van der Waals surface area (Å²) in [5, 5.41) is 3.13. The van der Waals surface area contributed by atoms with Crippen molar-refractivity contribution in [3.05, 3.63) is 29.3 Å². The van der Waals surface area contributed by atoms with Gasteiger partial charge in [-0.1, -0.05) is 13.0 Å². The Morgan fingerprint density at radius 3 is 3.00 bits per heavy atom. The molecular weight excluding hydrogens is 188 g/mol. The fourth-order valence-corrected chi connectivity index (χ4v) is 1.64. The number of benzene rings is 1. The Hall–Kier alpha value is -1.16. The van der Waals surface area contributed by atoms with Crippen LogP contribution in [-0.4, -0.2) is 13.2 Å². The highest BCUT2D eigenvalue weighted by Gasteiger charge is 2.27. The molecule has 0 amide bonds. The Bertz CT molecular complexity index is 354. The second kappa shape index (κ2) is 3.53. The van der Waals surface area contributed by atoms with Gasteiger partial charge < -0.3 is 10.1 Å². The van der Waals surface area contributed by atoms with Crippen LogP contribution in [-0.2, 0) is 0 Å². The van der Waals surface area contributed by atoms with Crippen molar-refractivity contribution in [2.75, 3.05) is 13.2 Å². The van der Waals surface area contributed by atoms with Crippen LogP contribution < -0.4 is 10.1 Å². The summed E-state index contributed by atoms with van der Waals surface area (Å²) in [4.78, 5) is 0. The van der Waals surface area contributed by atoms with E-state index in [4.69, 9.17) is 4.74 Å². The Labute approximate surface area is 80.9 Å². The first kappa shape index (κ1) is 9.40. The first-order valence-electron chi connectivity index (χ1n) is 4.58. The molecule has 1 aliphatic rings. The highest BCUT2D eigenvalue weighted by molar-refractivity contribution is 5.41. The third-order valence-electron chi connectivity index (χ3n) is 2.30. The van der Waals surface area contributed by atoms with E-state index in [0.717, 1.165) is 12.6 Å². The molecule has 0 aromatic heterocycles. The number of hydrogen-bond donors (Lipinski definition) is 1. The fraction of sp³-hybridized carbons (Fsp3) is 0.400. The van der Waals surface area contributed by atoms with Gasteiger partial charge in [0.2, 0.25) is 5.82 Å². The van der Waals surface area contributed by atoms with Gasteiger partial charge in [0.05, 0.1) is 6.04 Å². The standard InChI is InChI=1S/C10H11F2NO/c1-2-13-8-5-14-10-6(8)3-4-7(11)9(10)12/h3-4,8,13H,2,5H2,1H3. The van der Waals surface area contributed by atoms with E-state index in [1.807, 2.05) is 6.92 Å². The highest BCUT2D eigenvalue weighted by Crippen LogP contribution is 2.35. The molecule has 1 unspecified atom stereocenters. The number of nitrogens with one attached hydrogen (secondary N) is 1. The summed E-state index contributed by atoms with van der Waals surface area (Å²) in [5.41, 5.74) is 0.700. The van der Waals surface area contributed by atoms with Crippen LogP contribution in [0.15, 0.2) is 12.1 Å². The summed E-state index contributed by atoms with van der Waals surface area (Å²) in [7, 11) is 0. The molecule has 0 bridgehead atoms. The summed E-state index contributed by atoms with van der Waals surface area (Å²) >= 11 is 0. The van der Waals surface area contributed by atoms with Crippen molar-refractivity contribution >= 4 is 0 Å². The van der Waals surface area contributed by atoms with Gasteiger partial charge in [-0.15, -0.1) is 0 Å². The van der Waals surface area contributed by atoms with Crippen LogP contribution in [0.3, 0.4) is 0 Å². The average Bonchev–Trinajstić information content (AvgIpc) is 2.57. The second-order valence-corrected chi connectivity index (χ2v) is 3.20. The molecule has 2 nitrogen and oxygen atoms in total. The quantitative estimate of drug-likeness (QED) is 0.786. The fourth-order valence-electron chi connectivity index (χ4n) is 1.64. The zero-order chi connectivity index (χ0) is 10.1. The Kier molecular flexibility index (Phi) is 2.37. The Morgan fingerprint density at radius 2 is 2.29 bits per heavy atom. The third kappa shape index (κ3) is 1.35. The van der Waals surface area contributed by atoms with Crippen LogP contribution in [0.1, 0.15) is 18.5 Å². The first-order chi connectivity index (χ1) is 6.74. The van der Waals surface area contributed by atoms with Crippen molar-refractivity contribution in [2.24, 2.45) is 0 Å². The molecule has 14 heavy (non-hydrogen) atoms. The van der Waals surface area contributed by atoms with Crippen LogP contribution in [0.4, 0.5) is 8.78 Å². The van der Waals surface area contributed by atoms with E-state index in [9.17, 15) is 8.78 Å². The smallest absolute Gasteiger partial charge is 0.200 e. The van der Waals surface area contributed by atoms with Crippen molar-refractivity contribution < 1.29 is 13.5 Å². The van der Waals surface area contributed by atoms with Crippen molar-refractivity contribution in [3.8, 4) is 5.75 Å². The van der Waals surface area contributed by atoms with E-state index in [-0.39, 0.29) is 11.8 Å². The van der Waals surface area contributed by atoms with E-state index < -0.39 is 11.6 Å². The van der Waals surface area contributed by atoms with Gasteiger partial charge in [0.15, 0.2) is 11.6 Å². The van der Waals surface area contributed by atoms with E-state index >= 15 is 0 Å². The van der Waals surface area contributed by atoms with Crippen molar-refractivity contribution in [2.45, 2.75) is 13.0 Å². The number of rotatable bonds is 2. The Balaban J connectivity index is 2.37. The van der Waals surface area contributed by atoms with Crippen LogP contribution >= 0.6 is 0 Å². The van der Waals surface area contributed by atoms with Crippen molar-refractivity contribution in [1.29, 1.82) is 0 Å². The second-order valence-electron chi connectivity index (χ2n) is 3.20. The number of ether oxygens (including phenoxy) is 1. The summed E-state index contributed by atoms with van der Waals surface area (Å²) in [6.45, 7) is 3.09. The lowest BCUT2D eigenvalue weighted by atomic mass is 10.1. The molecule has 1 atom stereocenters. The van der Waals surface area contributed by atoms with Gasteiger partial charge in [0.1, 0.15) is 6.61 Å². The van der Waals surface area contributed by atoms with Gasteiger partial charge >= 0.3 is 0 Å². The van der Waals surface area contributed by atoms with Gasteiger partial charge in [-0.2, -0.15) is 4.39 Å². The summed E-state index contributed by atoms with van der Waals surface area (Å²) in [6, 6.07) is 2.67. The van der Waals surface area contributed by atoms with Gasteiger partial charge in [-0.25, -0.2) is 4.39 Å². The maximum atomic E-state index is 13.2. The maximum Gasteiger partial charge on any atom is 0.200 e. The molecule has 1 aliphatic heterocycles. The predicted octanol–water partition coefficient (Wildman–Crippen LogP) is 2.01. The molecule has 1 heterocycles. The zero-order valence-electron chi connectivity index (χ0n) is 7.81. The Morgan fingerprint density at radius 1 is 1.50 bits per heavy atom. The van der Waals surface area contributed by atoms with Crippen LogP contribution in [0.25, 0.3) is 0 Å².